The van der Waals surface area contributed by atoms with E-state index in [9.17, 15) is 28.1 Å². The van der Waals surface area contributed by atoms with Crippen LogP contribution < -0.4 is 24.8 Å². The zero-order valence-electron chi connectivity index (χ0n) is 28.2. The van der Waals surface area contributed by atoms with Crippen LogP contribution >= 0.6 is 11.3 Å². The molecule has 0 aliphatic rings. The number of nitro groups is 1. The lowest BCUT2D eigenvalue weighted by molar-refractivity contribution is -0.384. The molecule has 15 nitrogen and oxygen atoms in total. The molecule has 0 unspecified atom stereocenters. The van der Waals surface area contributed by atoms with Gasteiger partial charge in [0, 0.05) is 41.2 Å². The molecule has 0 atom stereocenters. The Morgan fingerprint density at radius 3 is 2.18 bits per heavy atom. The molecule has 3 N–H and O–H groups in total. The number of carbonyl (C=O) groups is 2. The third-order valence-electron chi connectivity index (χ3n) is 5.85. The summed E-state index contributed by atoms with van der Waals surface area (Å²) in [6.45, 7) is 12.5. The van der Waals surface area contributed by atoms with Gasteiger partial charge in [0.2, 0.25) is 10.0 Å². The molecule has 0 saturated carbocycles. The monoisotopic (exact) mass is 714 g/mol. The highest BCUT2D eigenvalue weighted by Crippen LogP contribution is 2.39. The van der Waals surface area contributed by atoms with Crippen LogP contribution in [-0.4, -0.2) is 54.2 Å². The van der Waals surface area contributed by atoms with Gasteiger partial charge in [0.1, 0.15) is 22.2 Å². The molecule has 0 radical (unpaired) electrons. The van der Waals surface area contributed by atoms with E-state index in [1.807, 2.05) is 13.8 Å². The maximum Gasteiger partial charge on any atom is 0.417 e. The number of benzene rings is 2. The molecule has 17 heteroatoms. The fraction of sp³-hybridized carbons (Fsp3) is 0.312. The summed E-state index contributed by atoms with van der Waals surface area (Å²) < 4.78 is 45.7. The lowest BCUT2D eigenvalue weighted by Crippen LogP contribution is -2.40. The van der Waals surface area contributed by atoms with Gasteiger partial charge in [-0.25, -0.2) is 32.7 Å². The molecule has 0 aliphatic carbocycles. The normalized spacial score (nSPS) is 11.2. The number of ether oxygens (including phenoxy) is 3. The number of aromatic nitrogens is 2. The average molecular weight is 715 g/mol. The van der Waals surface area contributed by atoms with Gasteiger partial charge in [0.05, 0.1) is 39.8 Å². The van der Waals surface area contributed by atoms with Gasteiger partial charge in [0.15, 0.2) is 0 Å². The maximum absolute atomic E-state index is 13.6. The molecule has 0 bridgehead atoms. The van der Waals surface area contributed by atoms with E-state index in [4.69, 9.17) is 14.2 Å². The van der Waals surface area contributed by atoms with Crippen molar-refractivity contribution in [3.63, 3.8) is 0 Å². The third-order valence-corrected chi connectivity index (χ3v) is 8.69. The molecule has 4 rings (SSSR count). The highest BCUT2D eigenvalue weighted by atomic mass is 32.2. The van der Waals surface area contributed by atoms with Gasteiger partial charge in [0.25, 0.3) is 5.69 Å². The molecule has 0 fully saturated rings. The van der Waals surface area contributed by atoms with E-state index in [0.717, 1.165) is 11.3 Å². The molecule has 0 saturated heterocycles. The second-order valence-electron chi connectivity index (χ2n) is 11.2. The fourth-order valence-electron chi connectivity index (χ4n) is 4.07. The molecule has 0 spiro atoms. The van der Waals surface area contributed by atoms with Gasteiger partial charge < -0.3 is 14.2 Å². The number of amides is 2. The minimum absolute atomic E-state index is 0.0486. The van der Waals surface area contributed by atoms with Crippen molar-refractivity contribution in [2.24, 2.45) is 0 Å². The largest absolute Gasteiger partial charge is 0.494 e. The smallest absolute Gasteiger partial charge is 0.417 e. The summed E-state index contributed by atoms with van der Waals surface area (Å²) in [5.74, 6) is 0.356. The number of nitrogens with zero attached hydrogens (tertiary/aromatic N) is 3. The number of non-ortho nitro benzene ring substituents is 1. The summed E-state index contributed by atoms with van der Waals surface area (Å²) >= 11 is 1.15. The summed E-state index contributed by atoms with van der Waals surface area (Å²) in [4.78, 5) is 44.1. The van der Waals surface area contributed by atoms with Crippen molar-refractivity contribution >= 4 is 50.6 Å². The van der Waals surface area contributed by atoms with Crippen molar-refractivity contribution < 1.29 is 37.1 Å². The van der Waals surface area contributed by atoms with Gasteiger partial charge in [-0.1, -0.05) is 19.9 Å². The Morgan fingerprint density at radius 2 is 1.59 bits per heavy atom. The van der Waals surface area contributed by atoms with Crippen molar-refractivity contribution in [3.8, 4) is 32.6 Å². The van der Waals surface area contributed by atoms with E-state index >= 15 is 0 Å². The number of hydrogen-bond donors (Lipinski definition) is 3. The number of rotatable bonds is 10. The first kappa shape index (κ1) is 38.3. The lowest BCUT2D eigenvalue weighted by atomic mass is 10.1. The van der Waals surface area contributed by atoms with Crippen LogP contribution in [0.2, 0.25) is 0 Å². The Morgan fingerprint density at radius 1 is 0.939 bits per heavy atom. The summed E-state index contributed by atoms with van der Waals surface area (Å²) in [6.07, 6.45) is 1.01. The number of nitrogens with one attached hydrogen (secondary N) is 3. The minimum atomic E-state index is -4.14. The molecule has 2 amide bonds. The highest BCUT2D eigenvalue weighted by molar-refractivity contribution is 7.89. The van der Waals surface area contributed by atoms with Crippen molar-refractivity contribution in [2.45, 2.75) is 65.0 Å². The van der Waals surface area contributed by atoms with E-state index < -0.39 is 32.7 Å². The van der Waals surface area contributed by atoms with Crippen LogP contribution in [0.5, 0.6) is 11.5 Å². The van der Waals surface area contributed by atoms with Gasteiger partial charge >= 0.3 is 12.2 Å². The van der Waals surface area contributed by atoms with Crippen LogP contribution in [0.4, 0.5) is 26.7 Å². The van der Waals surface area contributed by atoms with Crippen LogP contribution in [-0.2, 0) is 14.8 Å². The minimum Gasteiger partial charge on any atom is -0.494 e. The quantitative estimate of drug-likeness (QED) is 0.109. The number of pyridine rings is 1. The molecule has 2 aromatic carbocycles. The SMILES string of the molecule is CC.COc1cc(NC(=O)OC(C)C)cnc1-c1ncc(-c2ccc(NC(=O)Oc3ccc([N+](=O)[O-])cc3)cc2S(=O)(=O)NC(C)(C)C)s1. The standard InChI is InChI=1S/C30H32N6O9S2.C2H6/c1-17(2)44-28(37)34-19-13-23(43-6)26(31-15-19)27-32-16-24(46-27)22-12-7-18(14-25(22)47(41,42)35-30(3,4)5)33-29(38)45-21-10-8-20(9-11-21)36(39)40;1-2/h7-17,35H,1-6H3,(H,33,38)(H,34,37);1-2H3. The molecule has 4 aromatic rings. The van der Waals surface area contributed by atoms with E-state index in [1.165, 1.54) is 62.0 Å². The Kier molecular flexibility index (Phi) is 12.8. The number of carbonyl (C=O) groups excluding carboxylic acids is 2. The molecule has 49 heavy (non-hydrogen) atoms. The molecular formula is C32H38N6O9S2. The first-order chi connectivity index (χ1) is 23.0. The summed E-state index contributed by atoms with van der Waals surface area (Å²) in [5.41, 5.74) is 0.103. The Bertz CT molecular complexity index is 1900. The molecule has 2 heterocycles. The maximum atomic E-state index is 13.6. The lowest BCUT2D eigenvalue weighted by Gasteiger charge is -2.22. The van der Waals surface area contributed by atoms with E-state index in [2.05, 4.69) is 25.3 Å². The molecule has 0 aliphatic heterocycles. The number of nitro benzene ring substituents is 1. The Labute approximate surface area is 288 Å². The van der Waals surface area contributed by atoms with Crippen molar-refractivity contribution in [1.29, 1.82) is 0 Å². The highest BCUT2D eigenvalue weighted by Gasteiger charge is 2.27. The summed E-state index contributed by atoms with van der Waals surface area (Å²) in [7, 11) is -2.70. The zero-order chi connectivity index (χ0) is 36.5. The van der Waals surface area contributed by atoms with Crippen LogP contribution in [0.3, 0.4) is 0 Å². The molecular weight excluding hydrogens is 677 g/mol. The van der Waals surface area contributed by atoms with E-state index in [1.54, 1.807) is 40.7 Å². The van der Waals surface area contributed by atoms with Crippen molar-refractivity contribution in [2.75, 3.05) is 17.7 Å². The van der Waals surface area contributed by atoms with Crippen molar-refractivity contribution in [1.82, 2.24) is 14.7 Å². The first-order valence-corrected chi connectivity index (χ1v) is 17.2. The second kappa shape index (κ2) is 16.3. The van der Waals surface area contributed by atoms with Crippen LogP contribution in [0, 0.1) is 10.1 Å². The Balaban J connectivity index is 0.00000319. The average Bonchev–Trinajstić information content (AvgIpc) is 3.50. The second-order valence-corrected chi connectivity index (χ2v) is 13.9. The number of hydrogen-bond acceptors (Lipinski definition) is 12. The first-order valence-electron chi connectivity index (χ1n) is 14.9. The van der Waals surface area contributed by atoms with Crippen LogP contribution in [0.15, 0.2) is 65.8 Å². The zero-order valence-corrected chi connectivity index (χ0v) is 29.8. The predicted molar refractivity (Wildman–Crippen MR) is 187 cm³/mol. The van der Waals surface area contributed by atoms with Crippen LogP contribution in [0.1, 0.15) is 48.5 Å². The number of anilines is 2. The van der Waals surface area contributed by atoms with Gasteiger partial charge in [-0.05, 0) is 58.9 Å². The predicted octanol–water partition coefficient (Wildman–Crippen LogP) is 7.46. The number of thiazole rings is 1. The molecule has 2 aromatic heterocycles. The van der Waals surface area contributed by atoms with Gasteiger partial charge in [-0.2, -0.15) is 0 Å². The summed E-state index contributed by atoms with van der Waals surface area (Å²) in [5, 5.41) is 16.4. The van der Waals surface area contributed by atoms with E-state index in [-0.39, 0.29) is 28.1 Å². The van der Waals surface area contributed by atoms with Gasteiger partial charge in [-0.15, -0.1) is 11.3 Å². The van der Waals surface area contributed by atoms with E-state index in [0.29, 0.717) is 32.6 Å². The fourth-order valence-corrected chi connectivity index (χ4v) is 6.76. The van der Waals surface area contributed by atoms with Gasteiger partial charge in [-0.3, -0.25) is 20.7 Å². The summed E-state index contributed by atoms with van der Waals surface area (Å²) in [6, 6.07) is 10.8. The van der Waals surface area contributed by atoms with Crippen molar-refractivity contribution in [3.05, 3.63) is 71.0 Å². The number of sulfonamides is 1. The Hall–Kier alpha value is -5.13. The molecule has 262 valence electrons. The topological polar surface area (TPSA) is 201 Å². The third kappa shape index (κ3) is 10.7. The van der Waals surface area contributed by atoms with Crippen LogP contribution in [0.25, 0.3) is 21.1 Å². The number of methoxy groups -OCH3 is 1.